The van der Waals surface area contributed by atoms with E-state index >= 15 is 0 Å². The molecule has 2 aliphatic heterocycles. The zero-order valence-electron chi connectivity index (χ0n) is 18.5. The lowest BCUT2D eigenvalue weighted by Crippen LogP contribution is -2.52. The van der Waals surface area contributed by atoms with Gasteiger partial charge in [0.25, 0.3) is 0 Å². The first kappa shape index (κ1) is 21.9. The minimum absolute atomic E-state index is 0.110. The molecule has 2 heterocycles. The van der Waals surface area contributed by atoms with Gasteiger partial charge in [-0.2, -0.15) is 0 Å². The number of nitrogens with zero attached hydrogens (tertiary/aromatic N) is 3. The van der Waals surface area contributed by atoms with Crippen LogP contribution in [0.3, 0.4) is 0 Å². The standard InChI is InChI=1S/C24H36ClN3O2/c1-19-14-21(6-7-22(19)25)30-18-24(8-3-9-27(17-24)16-20-4-5-20)15-23(29)28-12-10-26(2)11-13-28/h6-7,14,20H,3-5,8-13,15-18H2,1-2H3. The van der Waals surface area contributed by atoms with Crippen LogP contribution in [-0.2, 0) is 4.79 Å². The lowest BCUT2D eigenvalue weighted by Gasteiger charge is -2.44. The number of amides is 1. The van der Waals surface area contributed by atoms with Gasteiger partial charge in [0.1, 0.15) is 5.75 Å². The molecule has 3 aliphatic rings. The molecule has 0 radical (unpaired) electrons. The van der Waals surface area contributed by atoms with Gasteiger partial charge in [-0.05, 0) is 75.9 Å². The van der Waals surface area contributed by atoms with Crippen LogP contribution in [-0.4, -0.2) is 80.1 Å². The Hall–Kier alpha value is -1.30. The Morgan fingerprint density at radius 3 is 2.67 bits per heavy atom. The van der Waals surface area contributed by atoms with Gasteiger partial charge in [-0.15, -0.1) is 0 Å². The highest BCUT2D eigenvalue weighted by molar-refractivity contribution is 6.31. The first-order valence-corrected chi connectivity index (χ1v) is 11.9. The average molecular weight is 434 g/mol. The van der Waals surface area contributed by atoms with Gasteiger partial charge in [0, 0.05) is 56.1 Å². The van der Waals surface area contributed by atoms with E-state index in [1.807, 2.05) is 25.1 Å². The normalized spacial score (nSPS) is 26.0. The Balaban J connectivity index is 1.45. The number of piperidine rings is 1. The number of benzene rings is 1. The van der Waals surface area contributed by atoms with Crippen molar-refractivity contribution in [2.24, 2.45) is 11.3 Å². The number of likely N-dealkylation sites (N-methyl/N-ethyl adjacent to an activating group) is 1. The van der Waals surface area contributed by atoms with Gasteiger partial charge >= 0.3 is 0 Å². The Kier molecular flexibility index (Phi) is 6.91. The smallest absolute Gasteiger partial charge is 0.223 e. The van der Waals surface area contributed by atoms with E-state index in [0.717, 1.165) is 74.4 Å². The molecule has 6 heteroatoms. The SMILES string of the molecule is Cc1cc(OCC2(CC(=O)N3CCN(C)CC3)CCCN(CC3CC3)C2)ccc1Cl. The molecular weight excluding hydrogens is 398 g/mol. The van der Waals surface area contributed by atoms with Gasteiger partial charge in [0.15, 0.2) is 0 Å². The van der Waals surface area contributed by atoms with Gasteiger partial charge < -0.3 is 19.4 Å². The first-order valence-electron chi connectivity index (χ1n) is 11.5. The molecule has 1 aliphatic carbocycles. The molecule has 1 unspecified atom stereocenters. The topological polar surface area (TPSA) is 36.0 Å². The highest BCUT2D eigenvalue weighted by Gasteiger charge is 2.41. The molecule has 0 N–H and O–H groups in total. The number of carbonyl (C=O) groups excluding carboxylic acids is 1. The predicted molar refractivity (Wildman–Crippen MR) is 121 cm³/mol. The molecule has 3 fully saturated rings. The summed E-state index contributed by atoms with van der Waals surface area (Å²) in [7, 11) is 2.13. The van der Waals surface area contributed by atoms with E-state index in [1.165, 1.54) is 19.4 Å². The van der Waals surface area contributed by atoms with Crippen molar-refractivity contribution in [1.82, 2.24) is 14.7 Å². The Morgan fingerprint density at radius 2 is 1.97 bits per heavy atom. The van der Waals surface area contributed by atoms with Crippen molar-refractivity contribution in [3.63, 3.8) is 0 Å². The zero-order chi connectivity index (χ0) is 21.1. The molecule has 1 atom stereocenters. The maximum atomic E-state index is 13.2. The number of likely N-dealkylation sites (tertiary alicyclic amines) is 1. The van der Waals surface area contributed by atoms with E-state index in [-0.39, 0.29) is 5.41 Å². The van der Waals surface area contributed by atoms with Crippen molar-refractivity contribution in [3.8, 4) is 5.75 Å². The molecule has 1 aromatic carbocycles. The highest BCUT2D eigenvalue weighted by atomic mass is 35.5. The summed E-state index contributed by atoms with van der Waals surface area (Å²) >= 11 is 6.18. The second kappa shape index (κ2) is 9.46. The van der Waals surface area contributed by atoms with Crippen LogP contribution in [0.15, 0.2) is 18.2 Å². The minimum Gasteiger partial charge on any atom is -0.493 e. The lowest BCUT2D eigenvalue weighted by molar-refractivity contribution is -0.137. The van der Waals surface area contributed by atoms with Crippen molar-refractivity contribution in [2.75, 3.05) is 59.5 Å². The van der Waals surface area contributed by atoms with Gasteiger partial charge in [0.05, 0.1) is 6.61 Å². The average Bonchev–Trinajstić information content (AvgIpc) is 3.54. The predicted octanol–water partition coefficient (Wildman–Crippen LogP) is 3.68. The summed E-state index contributed by atoms with van der Waals surface area (Å²) in [6.07, 6.45) is 5.52. The summed E-state index contributed by atoms with van der Waals surface area (Å²) in [6, 6.07) is 5.84. The zero-order valence-corrected chi connectivity index (χ0v) is 19.3. The number of halogens is 1. The number of hydrogen-bond donors (Lipinski definition) is 0. The second-order valence-electron chi connectivity index (χ2n) is 9.84. The fourth-order valence-electron chi connectivity index (χ4n) is 4.88. The summed E-state index contributed by atoms with van der Waals surface area (Å²) in [5.74, 6) is 2.02. The molecule has 4 rings (SSSR count). The minimum atomic E-state index is -0.110. The summed E-state index contributed by atoms with van der Waals surface area (Å²) < 4.78 is 6.29. The third-order valence-corrected chi connectivity index (χ3v) is 7.43. The Bertz CT molecular complexity index is 746. The number of carbonyl (C=O) groups is 1. The van der Waals surface area contributed by atoms with Crippen molar-refractivity contribution < 1.29 is 9.53 Å². The van der Waals surface area contributed by atoms with Crippen LogP contribution in [0.4, 0.5) is 0 Å². The van der Waals surface area contributed by atoms with E-state index in [1.54, 1.807) is 0 Å². The third-order valence-electron chi connectivity index (χ3n) is 7.01. The fraction of sp³-hybridized carbons (Fsp3) is 0.708. The van der Waals surface area contributed by atoms with Crippen LogP contribution in [0, 0.1) is 18.3 Å². The van der Waals surface area contributed by atoms with Gasteiger partial charge in [0.2, 0.25) is 5.91 Å². The number of ether oxygens (including phenoxy) is 1. The molecule has 0 bridgehead atoms. The monoisotopic (exact) mass is 433 g/mol. The maximum Gasteiger partial charge on any atom is 0.223 e. The summed E-state index contributed by atoms with van der Waals surface area (Å²) in [5, 5.41) is 0.760. The Morgan fingerprint density at radius 1 is 1.20 bits per heavy atom. The van der Waals surface area contributed by atoms with Crippen LogP contribution < -0.4 is 4.74 Å². The molecular formula is C24H36ClN3O2. The second-order valence-corrected chi connectivity index (χ2v) is 10.2. The van der Waals surface area contributed by atoms with Gasteiger partial charge in [-0.3, -0.25) is 4.79 Å². The van der Waals surface area contributed by atoms with E-state index in [2.05, 4.69) is 21.7 Å². The molecule has 1 amide bonds. The number of rotatable bonds is 7. The van der Waals surface area contributed by atoms with Crippen molar-refractivity contribution >= 4 is 17.5 Å². The van der Waals surface area contributed by atoms with Crippen LogP contribution in [0.25, 0.3) is 0 Å². The quantitative estimate of drug-likeness (QED) is 0.657. The van der Waals surface area contributed by atoms with Crippen molar-refractivity contribution in [1.29, 1.82) is 0 Å². The molecule has 5 nitrogen and oxygen atoms in total. The molecule has 166 valence electrons. The number of hydrogen-bond acceptors (Lipinski definition) is 4. The number of aryl methyl sites for hydroxylation is 1. The fourth-order valence-corrected chi connectivity index (χ4v) is 4.99. The molecule has 0 aromatic heterocycles. The van der Waals surface area contributed by atoms with Gasteiger partial charge in [-0.25, -0.2) is 0 Å². The Labute approximate surface area is 186 Å². The largest absolute Gasteiger partial charge is 0.493 e. The van der Waals surface area contributed by atoms with Gasteiger partial charge in [-0.1, -0.05) is 11.6 Å². The third kappa shape index (κ3) is 5.68. The van der Waals surface area contributed by atoms with E-state index < -0.39 is 0 Å². The van der Waals surface area contributed by atoms with Crippen molar-refractivity contribution in [2.45, 2.75) is 39.0 Å². The molecule has 30 heavy (non-hydrogen) atoms. The molecule has 2 saturated heterocycles. The van der Waals surface area contributed by atoms with Crippen LogP contribution >= 0.6 is 11.6 Å². The van der Waals surface area contributed by atoms with E-state index in [0.29, 0.717) is 18.9 Å². The lowest BCUT2D eigenvalue weighted by atomic mass is 9.77. The van der Waals surface area contributed by atoms with E-state index in [4.69, 9.17) is 16.3 Å². The summed E-state index contributed by atoms with van der Waals surface area (Å²) in [6.45, 7) is 9.51. The maximum absolute atomic E-state index is 13.2. The van der Waals surface area contributed by atoms with Crippen LogP contribution in [0.2, 0.25) is 5.02 Å². The first-order chi connectivity index (χ1) is 14.4. The summed E-state index contributed by atoms with van der Waals surface area (Å²) in [4.78, 5) is 20.2. The molecule has 0 spiro atoms. The molecule has 1 saturated carbocycles. The highest BCUT2D eigenvalue weighted by Crippen LogP contribution is 2.38. The van der Waals surface area contributed by atoms with Crippen LogP contribution in [0.5, 0.6) is 5.75 Å². The van der Waals surface area contributed by atoms with Crippen molar-refractivity contribution in [3.05, 3.63) is 28.8 Å². The van der Waals surface area contributed by atoms with E-state index in [9.17, 15) is 4.79 Å². The summed E-state index contributed by atoms with van der Waals surface area (Å²) in [5.41, 5.74) is 0.914. The number of piperazine rings is 1. The molecule has 1 aromatic rings. The van der Waals surface area contributed by atoms with Crippen LogP contribution in [0.1, 0.15) is 37.7 Å².